The Morgan fingerprint density at radius 1 is 1.11 bits per heavy atom. The number of anilines is 1. The van der Waals surface area contributed by atoms with E-state index in [-0.39, 0.29) is 0 Å². The summed E-state index contributed by atoms with van der Waals surface area (Å²) < 4.78 is 19.2. The first-order chi connectivity index (χ1) is 13.3. The van der Waals surface area contributed by atoms with Gasteiger partial charge in [0.05, 0.1) is 5.41 Å². The van der Waals surface area contributed by atoms with E-state index in [9.17, 15) is 14.0 Å². The molecule has 4 nitrogen and oxygen atoms in total. The number of nitrogens with one attached hydrogen (secondary N) is 1. The van der Waals surface area contributed by atoms with Gasteiger partial charge in [-0.05, 0) is 55.7 Å². The molecule has 0 spiro atoms. The van der Waals surface area contributed by atoms with Crippen molar-refractivity contribution >= 4 is 40.8 Å². The standard InChI is InChI=1S/C21H20Cl2FNO3/c1-13(19(26)25-18-11-15(22)10-16(23)12-18)28-20(27)21(7-2-3-8-21)14-5-4-6-17(24)9-14/h4-6,9-13H,2-3,7-8H2,1H3,(H,25,26)/t13-/m0/s1. The third-order valence-corrected chi connectivity index (χ3v) is 5.44. The minimum absolute atomic E-state index is 0.378. The van der Waals surface area contributed by atoms with Gasteiger partial charge in [-0.3, -0.25) is 9.59 Å². The van der Waals surface area contributed by atoms with Crippen molar-refractivity contribution in [2.75, 3.05) is 5.32 Å². The van der Waals surface area contributed by atoms with E-state index in [2.05, 4.69) is 5.32 Å². The molecule has 7 heteroatoms. The lowest BCUT2D eigenvalue weighted by atomic mass is 9.79. The van der Waals surface area contributed by atoms with E-state index >= 15 is 0 Å². The highest BCUT2D eigenvalue weighted by Gasteiger charge is 2.45. The maximum absolute atomic E-state index is 13.7. The fourth-order valence-corrected chi connectivity index (χ4v) is 4.10. The van der Waals surface area contributed by atoms with Gasteiger partial charge in [0.25, 0.3) is 5.91 Å². The fourth-order valence-electron chi connectivity index (χ4n) is 3.57. The average molecular weight is 424 g/mol. The molecule has 0 aromatic heterocycles. The lowest BCUT2D eigenvalue weighted by Gasteiger charge is -2.28. The first-order valence-corrected chi connectivity index (χ1v) is 9.80. The van der Waals surface area contributed by atoms with Crippen molar-refractivity contribution in [1.82, 2.24) is 0 Å². The monoisotopic (exact) mass is 423 g/mol. The lowest BCUT2D eigenvalue weighted by Crippen LogP contribution is -2.40. The van der Waals surface area contributed by atoms with E-state index in [0.29, 0.717) is 34.1 Å². The first kappa shape index (κ1) is 20.6. The smallest absolute Gasteiger partial charge is 0.317 e. The second-order valence-corrected chi connectivity index (χ2v) is 7.87. The molecule has 2 aromatic rings. The van der Waals surface area contributed by atoms with Crippen molar-refractivity contribution in [3.63, 3.8) is 0 Å². The Morgan fingerprint density at radius 2 is 1.75 bits per heavy atom. The quantitative estimate of drug-likeness (QED) is 0.644. The summed E-state index contributed by atoms with van der Waals surface area (Å²) in [5.41, 5.74) is 0.0751. The van der Waals surface area contributed by atoms with Crippen LogP contribution < -0.4 is 5.32 Å². The Morgan fingerprint density at radius 3 is 2.36 bits per heavy atom. The summed E-state index contributed by atoms with van der Waals surface area (Å²) in [6.07, 6.45) is 1.78. The second kappa shape index (κ2) is 8.50. The number of rotatable bonds is 5. The van der Waals surface area contributed by atoms with Crippen LogP contribution >= 0.6 is 23.2 Å². The normalized spacial score (nSPS) is 16.4. The third kappa shape index (κ3) is 4.47. The van der Waals surface area contributed by atoms with Gasteiger partial charge in [-0.25, -0.2) is 4.39 Å². The zero-order valence-electron chi connectivity index (χ0n) is 15.3. The van der Waals surface area contributed by atoms with Gasteiger partial charge >= 0.3 is 5.97 Å². The number of carbonyl (C=O) groups excluding carboxylic acids is 2. The molecule has 0 radical (unpaired) electrons. The number of halogens is 3. The summed E-state index contributed by atoms with van der Waals surface area (Å²) in [5.74, 6) is -1.42. The minimum Gasteiger partial charge on any atom is -0.452 e. The molecule has 1 atom stereocenters. The van der Waals surface area contributed by atoms with Gasteiger partial charge < -0.3 is 10.1 Å². The number of carbonyl (C=O) groups is 2. The molecule has 0 aliphatic heterocycles. The molecule has 1 fully saturated rings. The van der Waals surface area contributed by atoms with Gasteiger partial charge in [0, 0.05) is 15.7 Å². The molecule has 0 saturated heterocycles. The minimum atomic E-state index is -1.03. The van der Waals surface area contributed by atoms with Gasteiger partial charge in [0.1, 0.15) is 5.82 Å². The molecule has 2 aromatic carbocycles. The van der Waals surface area contributed by atoms with Crippen LogP contribution in [0.5, 0.6) is 0 Å². The SMILES string of the molecule is C[C@H](OC(=O)C1(c2cccc(F)c2)CCCC1)C(=O)Nc1cc(Cl)cc(Cl)c1. The number of hydrogen-bond acceptors (Lipinski definition) is 3. The summed E-state index contributed by atoms with van der Waals surface area (Å²) in [4.78, 5) is 25.4. The Kier molecular flexibility index (Phi) is 6.26. The number of amides is 1. The second-order valence-electron chi connectivity index (χ2n) is 6.99. The molecule has 1 amide bonds. The van der Waals surface area contributed by atoms with E-state index in [1.54, 1.807) is 30.3 Å². The zero-order chi connectivity index (χ0) is 20.3. The van der Waals surface area contributed by atoms with Crippen LogP contribution in [0.2, 0.25) is 10.0 Å². The molecule has 1 saturated carbocycles. The summed E-state index contributed by atoms with van der Waals surface area (Å²) in [5, 5.41) is 3.39. The number of ether oxygens (including phenoxy) is 1. The average Bonchev–Trinajstić information content (AvgIpc) is 3.12. The molecule has 1 aliphatic rings. The first-order valence-electron chi connectivity index (χ1n) is 9.04. The van der Waals surface area contributed by atoms with Crippen LogP contribution in [-0.2, 0) is 19.7 Å². The Labute approximate surface area is 173 Å². The predicted octanol–water partition coefficient (Wildman–Crippen LogP) is 5.51. The Bertz CT molecular complexity index is 877. The van der Waals surface area contributed by atoms with E-state index in [0.717, 1.165) is 12.8 Å². The van der Waals surface area contributed by atoms with Crippen LogP contribution in [0.1, 0.15) is 38.2 Å². The van der Waals surface area contributed by atoms with Crippen LogP contribution in [0.4, 0.5) is 10.1 Å². The lowest BCUT2D eigenvalue weighted by molar-refractivity contribution is -0.159. The maximum atomic E-state index is 13.7. The molecular formula is C21H20Cl2FNO3. The van der Waals surface area contributed by atoms with Gasteiger partial charge in [0.2, 0.25) is 0 Å². The van der Waals surface area contributed by atoms with Crippen LogP contribution in [0.15, 0.2) is 42.5 Å². The van der Waals surface area contributed by atoms with Gasteiger partial charge in [0.15, 0.2) is 6.10 Å². The van der Waals surface area contributed by atoms with Crippen LogP contribution in [0, 0.1) is 5.82 Å². The van der Waals surface area contributed by atoms with E-state index in [1.165, 1.54) is 19.1 Å². The summed E-state index contributed by atoms with van der Waals surface area (Å²) in [6.45, 7) is 1.49. The van der Waals surface area contributed by atoms with Crippen LogP contribution in [-0.4, -0.2) is 18.0 Å². The molecular weight excluding hydrogens is 404 g/mol. The van der Waals surface area contributed by atoms with Gasteiger partial charge in [-0.2, -0.15) is 0 Å². The summed E-state index contributed by atoms with van der Waals surface area (Å²) in [6, 6.07) is 10.7. The highest BCUT2D eigenvalue weighted by Crippen LogP contribution is 2.42. The maximum Gasteiger partial charge on any atom is 0.317 e. The number of esters is 1. The van der Waals surface area contributed by atoms with E-state index < -0.39 is 29.2 Å². The van der Waals surface area contributed by atoms with Crippen molar-refractivity contribution in [1.29, 1.82) is 0 Å². The van der Waals surface area contributed by atoms with Gasteiger partial charge in [-0.1, -0.05) is 48.2 Å². The molecule has 0 unspecified atom stereocenters. The molecule has 0 bridgehead atoms. The molecule has 1 aliphatic carbocycles. The third-order valence-electron chi connectivity index (χ3n) is 5.01. The van der Waals surface area contributed by atoms with Crippen LogP contribution in [0.25, 0.3) is 0 Å². The molecule has 28 heavy (non-hydrogen) atoms. The molecule has 0 heterocycles. The zero-order valence-corrected chi connectivity index (χ0v) is 16.8. The van der Waals surface area contributed by atoms with Gasteiger partial charge in [-0.15, -0.1) is 0 Å². The highest BCUT2D eigenvalue weighted by molar-refractivity contribution is 6.35. The van der Waals surface area contributed by atoms with Crippen molar-refractivity contribution in [3.05, 3.63) is 63.9 Å². The van der Waals surface area contributed by atoms with Crippen molar-refractivity contribution in [2.24, 2.45) is 0 Å². The molecule has 148 valence electrons. The molecule has 1 N–H and O–H groups in total. The highest BCUT2D eigenvalue weighted by atomic mass is 35.5. The van der Waals surface area contributed by atoms with E-state index in [1.807, 2.05) is 0 Å². The van der Waals surface area contributed by atoms with Crippen molar-refractivity contribution in [2.45, 2.75) is 44.1 Å². The topological polar surface area (TPSA) is 55.4 Å². The number of hydrogen-bond donors (Lipinski definition) is 1. The fraction of sp³-hybridized carbons (Fsp3) is 0.333. The van der Waals surface area contributed by atoms with Crippen LogP contribution in [0.3, 0.4) is 0 Å². The largest absolute Gasteiger partial charge is 0.452 e. The predicted molar refractivity (Wildman–Crippen MR) is 107 cm³/mol. The van der Waals surface area contributed by atoms with E-state index in [4.69, 9.17) is 27.9 Å². The van der Waals surface area contributed by atoms with Crippen molar-refractivity contribution < 1.29 is 18.7 Å². The molecule has 3 rings (SSSR count). The summed E-state index contributed by atoms with van der Waals surface area (Å²) in [7, 11) is 0. The Hall–Kier alpha value is -2.11. The van der Waals surface area contributed by atoms with Crippen molar-refractivity contribution in [3.8, 4) is 0 Å². The Balaban J connectivity index is 1.73. The number of benzene rings is 2. The summed E-state index contributed by atoms with van der Waals surface area (Å²) >= 11 is 11.9.